The maximum Gasteiger partial charge on any atom is 0.289 e. The van der Waals surface area contributed by atoms with E-state index < -0.39 is 0 Å². The zero-order valence-corrected chi connectivity index (χ0v) is 13.2. The Labute approximate surface area is 133 Å². The van der Waals surface area contributed by atoms with Gasteiger partial charge in [-0.25, -0.2) is 4.98 Å². The average Bonchev–Trinajstić information content (AvgIpc) is 2.96. The van der Waals surface area contributed by atoms with Crippen molar-refractivity contribution in [2.24, 2.45) is 0 Å². The number of hydrogen-bond donors (Lipinski definition) is 1. The molecule has 3 aromatic heterocycles. The van der Waals surface area contributed by atoms with E-state index in [0.29, 0.717) is 12.3 Å². The van der Waals surface area contributed by atoms with Gasteiger partial charge in [-0.05, 0) is 44.9 Å². The molecule has 0 aliphatic rings. The molecule has 0 aliphatic heterocycles. The third kappa shape index (κ3) is 3.33. The highest BCUT2D eigenvalue weighted by Crippen LogP contribution is 2.08. The Balaban J connectivity index is 1.63. The molecular formula is C16H18N6O. The molecule has 0 atom stereocenters. The summed E-state index contributed by atoms with van der Waals surface area (Å²) < 4.78 is 1.67. The number of nitrogens with one attached hydrogen (secondary N) is 1. The van der Waals surface area contributed by atoms with Crippen molar-refractivity contribution < 1.29 is 4.79 Å². The van der Waals surface area contributed by atoms with Gasteiger partial charge in [0.25, 0.3) is 11.7 Å². The van der Waals surface area contributed by atoms with Gasteiger partial charge in [-0.1, -0.05) is 6.07 Å². The molecule has 0 aliphatic carbocycles. The Morgan fingerprint density at radius 2 is 2.13 bits per heavy atom. The third-order valence-corrected chi connectivity index (χ3v) is 3.52. The molecule has 0 spiro atoms. The predicted octanol–water partition coefficient (Wildman–Crippen LogP) is 1.50. The van der Waals surface area contributed by atoms with Crippen LogP contribution in [-0.4, -0.2) is 37.0 Å². The number of pyridine rings is 1. The highest BCUT2D eigenvalue weighted by Gasteiger charge is 2.16. The average molecular weight is 310 g/mol. The summed E-state index contributed by atoms with van der Waals surface area (Å²) in [5.41, 5.74) is 2.76. The first kappa shape index (κ1) is 15.1. The summed E-state index contributed by atoms with van der Waals surface area (Å²) in [5, 5.41) is 10.8. The van der Waals surface area contributed by atoms with Gasteiger partial charge in [-0.3, -0.25) is 14.2 Å². The fourth-order valence-corrected chi connectivity index (χ4v) is 2.47. The summed E-state index contributed by atoms with van der Waals surface area (Å²) in [5.74, 6) is 0.469. The van der Waals surface area contributed by atoms with E-state index in [9.17, 15) is 4.79 Å². The minimum Gasteiger partial charge on any atom is -0.349 e. The van der Waals surface area contributed by atoms with Gasteiger partial charge in [0, 0.05) is 29.8 Å². The number of hydrogen-bond acceptors (Lipinski definition) is 5. The monoisotopic (exact) mass is 310 g/mol. The Morgan fingerprint density at radius 3 is 2.91 bits per heavy atom. The van der Waals surface area contributed by atoms with Crippen LogP contribution < -0.4 is 5.32 Å². The highest BCUT2D eigenvalue weighted by molar-refractivity contribution is 5.91. The molecule has 0 saturated carbocycles. The molecule has 0 unspecified atom stereocenters. The van der Waals surface area contributed by atoms with Crippen molar-refractivity contribution in [1.29, 1.82) is 0 Å². The number of amides is 1. The van der Waals surface area contributed by atoms with Crippen LogP contribution in [0.5, 0.6) is 0 Å². The minimum atomic E-state index is -0.243. The molecule has 3 aromatic rings. The first-order valence-corrected chi connectivity index (χ1v) is 7.52. The van der Waals surface area contributed by atoms with Crippen LogP contribution in [0.25, 0.3) is 5.78 Å². The second-order valence-electron chi connectivity index (χ2n) is 5.38. The standard InChI is InChI=1S/C16H18N6O/c1-11-10-12(2)22-14(20-21-16(22)19-11)15(23)18-9-5-7-13-6-3-4-8-17-13/h3-4,6,8,10H,5,7,9H2,1-2H3,(H,18,23). The maximum atomic E-state index is 12.3. The maximum absolute atomic E-state index is 12.3. The van der Waals surface area contributed by atoms with Gasteiger partial charge in [-0.2, -0.15) is 0 Å². The van der Waals surface area contributed by atoms with E-state index in [1.807, 2.05) is 38.1 Å². The zero-order valence-electron chi connectivity index (χ0n) is 13.2. The van der Waals surface area contributed by atoms with Crippen molar-refractivity contribution in [3.8, 4) is 0 Å². The number of rotatable bonds is 5. The first-order chi connectivity index (χ1) is 11.1. The summed E-state index contributed by atoms with van der Waals surface area (Å²) in [7, 11) is 0. The van der Waals surface area contributed by atoms with E-state index >= 15 is 0 Å². The number of nitrogens with zero attached hydrogens (tertiary/aromatic N) is 5. The fourth-order valence-electron chi connectivity index (χ4n) is 2.47. The van der Waals surface area contributed by atoms with Gasteiger partial charge in [-0.15, -0.1) is 10.2 Å². The lowest BCUT2D eigenvalue weighted by Gasteiger charge is -2.06. The molecule has 3 rings (SSSR count). The molecule has 0 bridgehead atoms. The number of carbonyl (C=O) groups excluding carboxylic acids is 1. The smallest absolute Gasteiger partial charge is 0.289 e. The van der Waals surface area contributed by atoms with Gasteiger partial charge in [0.05, 0.1) is 0 Å². The largest absolute Gasteiger partial charge is 0.349 e. The molecule has 1 N–H and O–H groups in total. The van der Waals surface area contributed by atoms with Crippen LogP contribution >= 0.6 is 0 Å². The molecule has 0 radical (unpaired) electrons. The lowest BCUT2D eigenvalue weighted by molar-refractivity contribution is 0.0941. The summed E-state index contributed by atoms with van der Waals surface area (Å²) in [6.07, 6.45) is 3.41. The molecule has 3 heterocycles. The zero-order chi connectivity index (χ0) is 16.2. The Hall–Kier alpha value is -2.83. The predicted molar refractivity (Wildman–Crippen MR) is 85.1 cm³/mol. The van der Waals surface area contributed by atoms with Crippen LogP contribution in [0, 0.1) is 13.8 Å². The molecule has 23 heavy (non-hydrogen) atoms. The van der Waals surface area contributed by atoms with Crippen molar-refractivity contribution in [2.45, 2.75) is 26.7 Å². The second-order valence-corrected chi connectivity index (χ2v) is 5.38. The Bertz CT molecular complexity index is 827. The lowest BCUT2D eigenvalue weighted by atomic mass is 10.2. The van der Waals surface area contributed by atoms with E-state index in [1.165, 1.54) is 0 Å². The number of aryl methyl sites for hydroxylation is 3. The highest BCUT2D eigenvalue weighted by atomic mass is 16.2. The van der Waals surface area contributed by atoms with Crippen molar-refractivity contribution in [3.63, 3.8) is 0 Å². The van der Waals surface area contributed by atoms with E-state index in [-0.39, 0.29) is 11.7 Å². The molecule has 7 heteroatoms. The van der Waals surface area contributed by atoms with Gasteiger partial charge < -0.3 is 5.32 Å². The van der Waals surface area contributed by atoms with Gasteiger partial charge in [0.1, 0.15) is 0 Å². The number of fused-ring (bicyclic) bond motifs is 1. The molecule has 0 aromatic carbocycles. The SMILES string of the molecule is Cc1cc(C)n2c(C(=O)NCCCc3ccccn3)nnc2n1. The van der Waals surface area contributed by atoms with Crippen LogP contribution in [0.15, 0.2) is 30.5 Å². The van der Waals surface area contributed by atoms with Crippen LogP contribution in [0.2, 0.25) is 0 Å². The van der Waals surface area contributed by atoms with E-state index in [1.54, 1.807) is 10.6 Å². The summed E-state index contributed by atoms with van der Waals surface area (Å²) in [6, 6.07) is 7.72. The van der Waals surface area contributed by atoms with Gasteiger partial charge >= 0.3 is 0 Å². The summed E-state index contributed by atoms with van der Waals surface area (Å²) in [4.78, 5) is 20.8. The van der Waals surface area contributed by atoms with Crippen LogP contribution in [0.1, 0.15) is 34.1 Å². The van der Waals surface area contributed by atoms with E-state index in [0.717, 1.165) is 29.9 Å². The number of aromatic nitrogens is 5. The van der Waals surface area contributed by atoms with Crippen LogP contribution in [-0.2, 0) is 6.42 Å². The quantitative estimate of drug-likeness (QED) is 0.722. The van der Waals surface area contributed by atoms with E-state index in [4.69, 9.17) is 0 Å². The van der Waals surface area contributed by atoms with Crippen molar-refractivity contribution >= 4 is 11.7 Å². The molecule has 0 saturated heterocycles. The van der Waals surface area contributed by atoms with Gasteiger partial charge in [0.2, 0.25) is 5.82 Å². The van der Waals surface area contributed by atoms with E-state index in [2.05, 4.69) is 25.5 Å². The molecule has 0 fully saturated rings. The first-order valence-electron chi connectivity index (χ1n) is 7.52. The van der Waals surface area contributed by atoms with Crippen molar-refractivity contribution in [3.05, 3.63) is 53.4 Å². The Morgan fingerprint density at radius 1 is 1.26 bits per heavy atom. The Kier molecular flexibility index (Phi) is 4.27. The second kappa shape index (κ2) is 6.51. The van der Waals surface area contributed by atoms with Crippen molar-refractivity contribution in [1.82, 2.24) is 29.9 Å². The van der Waals surface area contributed by atoms with Gasteiger partial charge in [0.15, 0.2) is 0 Å². The lowest BCUT2D eigenvalue weighted by Crippen LogP contribution is -2.27. The number of carbonyl (C=O) groups is 1. The van der Waals surface area contributed by atoms with Crippen molar-refractivity contribution in [2.75, 3.05) is 6.54 Å². The third-order valence-electron chi connectivity index (χ3n) is 3.52. The fraction of sp³-hybridized carbons (Fsp3) is 0.312. The summed E-state index contributed by atoms with van der Waals surface area (Å²) in [6.45, 7) is 4.35. The molecule has 1 amide bonds. The molecular weight excluding hydrogens is 292 g/mol. The minimum absolute atomic E-state index is 0.243. The summed E-state index contributed by atoms with van der Waals surface area (Å²) >= 11 is 0. The normalized spacial score (nSPS) is 10.9. The molecule has 7 nitrogen and oxygen atoms in total. The molecule has 118 valence electrons. The van der Waals surface area contributed by atoms with Crippen LogP contribution in [0.4, 0.5) is 0 Å². The topological polar surface area (TPSA) is 85.1 Å². The van der Waals surface area contributed by atoms with Crippen LogP contribution in [0.3, 0.4) is 0 Å².